The van der Waals surface area contributed by atoms with E-state index in [1.165, 1.54) is 6.42 Å². The van der Waals surface area contributed by atoms with Gasteiger partial charge in [-0.15, -0.1) is 0 Å². The van der Waals surface area contributed by atoms with Gasteiger partial charge in [-0.25, -0.2) is 0 Å². The van der Waals surface area contributed by atoms with E-state index in [1.807, 2.05) is 0 Å². The number of nitrogens with one attached hydrogen (secondary N) is 1. The Morgan fingerprint density at radius 1 is 1.60 bits per heavy atom. The summed E-state index contributed by atoms with van der Waals surface area (Å²) < 4.78 is 4.96. The second-order valence-electron chi connectivity index (χ2n) is 2.35. The molecule has 1 unspecified atom stereocenters. The van der Waals surface area contributed by atoms with Crippen LogP contribution in [0.15, 0.2) is 0 Å². The topological polar surface area (TPSA) is 21.3 Å². The molecule has 0 heterocycles. The monoisotopic (exact) mass is 209 g/mol. The van der Waals surface area contributed by atoms with Gasteiger partial charge in [0.1, 0.15) is 0 Å². The van der Waals surface area contributed by atoms with E-state index < -0.39 is 0 Å². The van der Waals surface area contributed by atoms with Crippen LogP contribution in [0.5, 0.6) is 0 Å². The summed E-state index contributed by atoms with van der Waals surface area (Å²) in [5, 5.41) is 4.40. The van der Waals surface area contributed by atoms with E-state index in [9.17, 15) is 0 Å². The summed E-state index contributed by atoms with van der Waals surface area (Å²) in [5.41, 5.74) is 0. The smallest absolute Gasteiger partial charge is 0.0613 e. The van der Waals surface area contributed by atoms with E-state index in [2.05, 4.69) is 28.2 Å². The lowest BCUT2D eigenvalue weighted by atomic mass is 10.3. The van der Waals surface area contributed by atoms with Gasteiger partial charge in [-0.3, -0.25) is 0 Å². The molecule has 1 atom stereocenters. The van der Waals surface area contributed by atoms with Crippen molar-refractivity contribution in [3.63, 3.8) is 0 Å². The van der Waals surface area contributed by atoms with Gasteiger partial charge in [0, 0.05) is 18.5 Å². The van der Waals surface area contributed by atoms with Crippen LogP contribution in [0.3, 0.4) is 0 Å². The number of halogens is 1. The van der Waals surface area contributed by atoms with Crippen LogP contribution in [0.25, 0.3) is 0 Å². The predicted octanol–water partition coefficient (Wildman–Crippen LogP) is 1.40. The van der Waals surface area contributed by atoms with Crippen LogP contribution in [0, 0.1) is 0 Å². The van der Waals surface area contributed by atoms with Gasteiger partial charge in [-0.05, 0) is 19.9 Å². The number of alkyl halides is 1. The predicted molar refractivity (Wildman–Crippen MR) is 47.8 cm³/mol. The molecule has 0 bridgehead atoms. The standard InChI is InChI=1S/C7H16BrNO/c1-7(6-10-2)9-5-3-4-8/h7,9H,3-6H2,1-2H3. The van der Waals surface area contributed by atoms with Crippen molar-refractivity contribution in [2.45, 2.75) is 19.4 Å². The van der Waals surface area contributed by atoms with Crippen molar-refractivity contribution in [3.8, 4) is 0 Å². The fourth-order valence-corrected chi connectivity index (χ4v) is 1.00. The maximum atomic E-state index is 4.96. The Morgan fingerprint density at radius 2 is 2.30 bits per heavy atom. The lowest BCUT2D eigenvalue weighted by molar-refractivity contribution is 0.172. The van der Waals surface area contributed by atoms with Crippen LogP contribution in [0.4, 0.5) is 0 Å². The summed E-state index contributed by atoms with van der Waals surface area (Å²) in [6, 6.07) is 0.476. The first kappa shape index (κ1) is 10.4. The van der Waals surface area contributed by atoms with Crippen LogP contribution in [0.2, 0.25) is 0 Å². The second-order valence-corrected chi connectivity index (χ2v) is 3.15. The minimum Gasteiger partial charge on any atom is -0.383 e. The Labute approximate surface area is 71.5 Å². The van der Waals surface area contributed by atoms with Gasteiger partial charge in [0.25, 0.3) is 0 Å². The quantitative estimate of drug-likeness (QED) is 0.528. The van der Waals surface area contributed by atoms with Gasteiger partial charge in [-0.2, -0.15) is 0 Å². The summed E-state index contributed by atoms with van der Waals surface area (Å²) in [6.45, 7) is 3.98. The lowest BCUT2D eigenvalue weighted by Crippen LogP contribution is -2.30. The van der Waals surface area contributed by atoms with E-state index in [0.717, 1.165) is 18.5 Å². The summed E-state index contributed by atoms with van der Waals surface area (Å²) in [6.07, 6.45) is 1.17. The van der Waals surface area contributed by atoms with Crippen molar-refractivity contribution >= 4 is 15.9 Å². The molecule has 62 valence electrons. The Balaban J connectivity index is 2.97. The minimum atomic E-state index is 0.476. The second kappa shape index (κ2) is 7.51. The Hall–Kier alpha value is 0.400. The van der Waals surface area contributed by atoms with Crippen molar-refractivity contribution in [2.75, 3.05) is 25.6 Å². The van der Waals surface area contributed by atoms with Crippen molar-refractivity contribution in [3.05, 3.63) is 0 Å². The van der Waals surface area contributed by atoms with Crippen molar-refractivity contribution in [1.29, 1.82) is 0 Å². The highest BCUT2D eigenvalue weighted by Gasteiger charge is 1.97. The molecule has 2 nitrogen and oxygen atoms in total. The zero-order valence-electron chi connectivity index (χ0n) is 6.69. The van der Waals surface area contributed by atoms with E-state index in [0.29, 0.717) is 6.04 Å². The zero-order valence-corrected chi connectivity index (χ0v) is 8.28. The van der Waals surface area contributed by atoms with Crippen LogP contribution in [0.1, 0.15) is 13.3 Å². The third-order valence-electron chi connectivity index (χ3n) is 1.22. The van der Waals surface area contributed by atoms with Crippen LogP contribution in [-0.4, -0.2) is 31.6 Å². The summed E-state index contributed by atoms with van der Waals surface area (Å²) in [7, 11) is 1.72. The molecule has 0 saturated heterocycles. The number of ether oxygens (including phenoxy) is 1. The van der Waals surface area contributed by atoms with E-state index >= 15 is 0 Å². The fraction of sp³-hybridized carbons (Fsp3) is 1.00. The molecule has 0 fully saturated rings. The molecular weight excluding hydrogens is 194 g/mol. The maximum Gasteiger partial charge on any atom is 0.0613 e. The summed E-state index contributed by atoms with van der Waals surface area (Å²) >= 11 is 3.37. The Kier molecular flexibility index (Phi) is 7.81. The number of hydrogen-bond acceptors (Lipinski definition) is 2. The molecule has 0 amide bonds. The van der Waals surface area contributed by atoms with Gasteiger partial charge in [0.05, 0.1) is 6.61 Å². The van der Waals surface area contributed by atoms with Gasteiger partial charge in [0.15, 0.2) is 0 Å². The molecule has 0 saturated carbocycles. The molecule has 0 rings (SSSR count). The molecule has 0 aliphatic rings. The molecule has 0 aromatic rings. The summed E-state index contributed by atoms with van der Waals surface area (Å²) in [5.74, 6) is 0. The largest absolute Gasteiger partial charge is 0.383 e. The molecular formula is C7H16BrNO. The highest BCUT2D eigenvalue weighted by molar-refractivity contribution is 9.09. The first-order valence-corrected chi connectivity index (χ1v) is 4.71. The molecule has 3 heteroatoms. The number of hydrogen-bond donors (Lipinski definition) is 1. The van der Waals surface area contributed by atoms with Gasteiger partial charge >= 0.3 is 0 Å². The average molecular weight is 210 g/mol. The third-order valence-corrected chi connectivity index (χ3v) is 1.78. The highest BCUT2D eigenvalue weighted by Crippen LogP contribution is 1.87. The number of rotatable bonds is 6. The average Bonchev–Trinajstić information content (AvgIpc) is 1.89. The maximum absolute atomic E-state index is 4.96. The number of methoxy groups -OCH3 is 1. The van der Waals surface area contributed by atoms with E-state index in [1.54, 1.807) is 7.11 Å². The lowest BCUT2D eigenvalue weighted by Gasteiger charge is -2.11. The molecule has 0 aromatic heterocycles. The third kappa shape index (κ3) is 6.52. The normalized spacial score (nSPS) is 13.5. The van der Waals surface area contributed by atoms with Crippen LogP contribution in [-0.2, 0) is 4.74 Å². The van der Waals surface area contributed by atoms with Crippen molar-refractivity contribution < 1.29 is 4.74 Å². The highest BCUT2D eigenvalue weighted by atomic mass is 79.9. The first-order valence-electron chi connectivity index (χ1n) is 3.59. The van der Waals surface area contributed by atoms with Crippen LogP contribution >= 0.6 is 15.9 Å². The van der Waals surface area contributed by atoms with Crippen LogP contribution < -0.4 is 5.32 Å². The molecule has 0 aromatic carbocycles. The molecule has 0 aliphatic heterocycles. The molecule has 0 radical (unpaired) electrons. The molecule has 10 heavy (non-hydrogen) atoms. The van der Waals surface area contributed by atoms with E-state index in [4.69, 9.17) is 4.74 Å². The van der Waals surface area contributed by atoms with Crippen molar-refractivity contribution in [2.24, 2.45) is 0 Å². The van der Waals surface area contributed by atoms with Crippen molar-refractivity contribution in [1.82, 2.24) is 5.32 Å². The summed E-state index contributed by atoms with van der Waals surface area (Å²) in [4.78, 5) is 0. The van der Waals surface area contributed by atoms with Gasteiger partial charge in [0.2, 0.25) is 0 Å². The first-order chi connectivity index (χ1) is 4.81. The Bertz CT molecular complexity index is 70.6. The molecule has 0 aliphatic carbocycles. The fourth-order valence-electron chi connectivity index (χ4n) is 0.724. The van der Waals surface area contributed by atoms with E-state index in [-0.39, 0.29) is 0 Å². The Morgan fingerprint density at radius 3 is 2.80 bits per heavy atom. The SMILES string of the molecule is COCC(C)NCCCBr. The zero-order chi connectivity index (χ0) is 7.82. The van der Waals surface area contributed by atoms with Gasteiger partial charge < -0.3 is 10.1 Å². The minimum absolute atomic E-state index is 0.476. The van der Waals surface area contributed by atoms with Gasteiger partial charge in [-0.1, -0.05) is 15.9 Å². The molecule has 1 N–H and O–H groups in total. The molecule has 0 spiro atoms.